The van der Waals surface area contributed by atoms with Crippen LogP contribution < -0.4 is 0 Å². The predicted octanol–water partition coefficient (Wildman–Crippen LogP) is 2.95. The number of aldehydes is 2. The third-order valence-corrected chi connectivity index (χ3v) is 3.64. The molecule has 0 aromatic heterocycles. The zero-order valence-corrected chi connectivity index (χ0v) is 13.2. The highest BCUT2D eigenvalue weighted by molar-refractivity contribution is 6.13. The molecule has 0 spiro atoms. The van der Waals surface area contributed by atoms with Gasteiger partial charge in [-0.2, -0.15) is 0 Å². The summed E-state index contributed by atoms with van der Waals surface area (Å²) in [7, 11) is 0. The highest BCUT2D eigenvalue weighted by atomic mass is 16.1. The molecule has 0 heterocycles. The average molecular weight is 322 g/mol. The number of rotatable bonds is 6. The molecule has 0 saturated carbocycles. The lowest BCUT2D eigenvalue weighted by molar-refractivity contribution is 0.0980. The van der Waals surface area contributed by atoms with Crippen LogP contribution in [-0.4, -0.2) is 29.9 Å². The van der Waals surface area contributed by atoms with Gasteiger partial charge in [0.1, 0.15) is 0 Å². The quantitative estimate of drug-likeness (QED) is 0.603. The largest absolute Gasteiger partial charge is 0.298 e. The summed E-state index contributed by atoms with van der Waals surface area (Å²) in [6, 6.07) is 8.42. The van der Waals surface area contributed by atoms with Crippen LogP contribution in [0.1, 0.15) is 71.2 Å². The molecule has 0 aliphatic heterocycles. The molecule has 0 N–H and O–H groups in total. The van der Waals surface area contributed by atoms with Gasteiger partial charge in [-0.3, -0.25) is 24.0 Å². The van der Waals surface area contributed by atoms with Gasteiger partial charge < -0.3 is 0 Å². The summed E-state index contributed by atoms with van der Waals surface area (Å²) in [6.07, 6.45) is 1.04. The molecule has 2 aromatic carbocycles. The zero-order chi connectivity index (χ0) is 17.9. The van der Waals surface area contributed by atoms with Gasteiger partial charge in [0.15, 0.2) is 29.9 Å². The van der Waals surface area contributed by atoms with Crippen LogP contribution in [0.3, 0.4) is 0 Å². The van der Waals surface area contributed by atoms with Crippen molar-refractivity contribution in [3.05, 3.63) is 69.8 Å². The topological polar surface area (TPSA) is 85.3 Å². The van der Waals surface area contributed by atoms with Crippen LogP contribution in [-0.2, 0) is 0 Å². The van der Waals surface area contributed by atoms with Crippen LogP contribution in [0.15, 0.2) is 36.4 Å². The molecular weight excluding hydrogens is 308 g/mol. The number of benzene rings is 2. The van der Waals surface area contributed by atoms with Crippen molar-refractivity contribution in [2.45, 2.75) is 13.8 Å². The fraction of sp³-hybridized carbons (Fsp3) is 0.105. The molecule has 0 atom stereocenters. The lowest BCUT2D eigenvalue weighted by atomic mass is 9.94. The second-order valence-electron chi connectivity index (χ2n) is 5.28. The normalized spacial score (nSPS) is 10.1. The second-order valence-corrected chi connectivity index (χ2v) is 5.28. The summed E-state index contributed by atoms with van der Waals surface area (Å²) in [6.45, 7) is 2.66. The minimum absolute atomic E-state index is 0.114. The molecule has 0 aliphatic carbocycles. The Kier molecular flexibility index (Phi) is 4.94. The number of carbonyl (C=O) groups is 5. The first-order chi connectivity index (χ1) is 11.4. The molecule has 0 amide bonds. The molecule has 5 nitrogen and oxygen atoms in total. The standard InChI is InChI=1S/C19H14O5/c1-11(22)17-6-5-14(8-18(17)12(2)23)19(24)13-3-4-15(9-20)16(7-13)10-21/h3-10H,1-2H3. The minimum atomic E-state index is -0.409. The van der Waals surface area contributed by atoms with E-state index < -0.39 is 5.78 Å². The Bertz CT molecular complexity index is 877. The fourth-order valence-electron chi connectivity index (χ4n) is 2.38. The van der Waals surface area contributed by atoms with Gasteiger partial charge in [0.05, 0.1) is 0 Å². The molecule has 0 bridgehead atoms. The van der Waals surface area contributed by atoms with Crippen LogP contribution in [0.4, 0.5) is 0 Å². The van der Waals surface area contributed by atoms with Crippen LogP contribution in [0.2, 0.25) is 0 Å². The van der Waals surface area contributed by atoms with E-state index in [9.17, 15) is 24.0 Å². The summed E-state index contributed by atoms with van der Waals surface area (Å²) in [5, 5.41) is 0. The monoisotopic (exact) mass is 322 g/mol. The van der Waals surface area contributed by atoms with Gasteiger partial charge in [0.2, 0.25) is 0 Å². The van der Waals surface area contributed by atoms with Crippen molar-refractivity contribution in [2.75, 3.05) is 0 Å². The van der Waals surface area contributed by atoms with Crippen molar-refractivity contribution in [1.29, 1.82) is 0 Å². The van der Waals surface area contributed by atoms with Crippen molar-refractivity contribution in [3.8, 4) is 0 Å². The Labute approximate surface area is 138 Å². The second kappa shape index (κ2) is 6.91. The lowest BCUT2D eigenvalue weighted by Crippen LogP contribution is -2.09. The van der Waals surface area contributed by atoms with Crippen molar-refractivity contribution >= 4 is 29.9 Å². The van der Waals surface area contributed by atoms with Crippen LogP contribution >= 0.6 is 0 Å². The Balaban J connectivity index is 2.52. The third kappa shape index (κ3) is 3.25. The van der Waals surface area contributed by atoms with Crippen LogP contribution in [0.25, 0.3) is 0 Å². The lowest BCUT2D eigenvalue weighted by Gasteiger charge is -2.08. The van der Waals surface area contributed by atoms with E-state index in [1.165, 1.54) is 50.2 Å². The van der Waals surface area contributed by atoms with E-state index in [0.717, 1.165) is 0 Å². The van der Waals surface area contributed by atoms with E-state index in [-0.39, 0.29) is 44.9 Å². The molecule has 0 radical (unpaired) electrons. The summed E-state index contributed by atoms with van der Waals surface area (Å²) >= 11 is 0. The molecular formula is C19H14O5. The molecule has 120 valence electrons. The average Bonchev–Trinajstić information content (AvgIpc) is 2.59. The highest BCUT2D eigenvalue weighted by Crippen LogP contribution is 2.18. The van der Waals surface area contributed by atoms with E-state index >= 15 is 0 Å². The smallest absolute Gasteiger partial charge is 0.193 e. The third-order valence-electron chi connectivity index (χ3n) is 3.64. The zero-order valence-electron chi connectivity index (χ0n) is 13.2. The van der Waals surface area contributed by atoms with Crippen molar-refractivity contribution in [1.82, 2.24) is 0 Å². The highest BCUT2D eigenvalue weighted by Gasteiger charge is 2.17. The number of hydrogen-bond acceptors (Lipinski definition) is 5. The SMILES string of the molecule is CC(=O)c1ccc(C(=O)c2ccc(C=O)c(C=O)c2)cc1C(C)=O. The Morgan fingerprint density at radius 2 is 1.25 bits per heavy atom. The molecule has 2 rings (SSSR count). The molecule has 0 aliphatic rings. The van der Waals surface area contributed by atoms with E-state index in [1.54, 1.807) is 0 Å². The molecule has 24 heavy (non-hydrogen) atoms. The number of hydrogen-bond donors (Lipinski definition) is 0. The number of ketones is 3. The number of carbonyl (C=O) groups excluding carboxylic acids is 5. The minimum Gasteiger partial charge on any atom is -0.298 e. The summed E-state index contributed by atoms with van der Waals surface area (Å²) < 4.78 is 0. The van der Waals surface area contributed by atoms with Gasteiger partial charge >= 0.3 is 0 Å². The van der Waals surface area contributed by atoms with Crippen LogP contribution in [0.5, 0.6) is 0 Å². The Hall–Kier alpha value is -3.21. The fourth-order valence-corrected chi connectivity index (χ4v) is 2.38. The van der Waals surface area contributed by atoms with Crippen molar-refractivity contribution in [2.24, 2.45) is 0 Å². The van der Waals surface area contributed by atoms with Gasteiger partial charge in [0.25, 0.3) is 0 Å². The van der Waals surface area contributed by atoms with Crippen LogP contribution in [0, 0.1) is 0 Å². The summed E-state index contributed by atoms with van der Waals surface area (Å²) in [5.41, 5.74) is 1.17. The van der Waals surface area contributed by atoms with Gasteiger partial charge in [-0.1, -0.05) is 18.2 Å². The van der Waals surface area contributed by atoms with E-state index in [1.807, 2.05) is 0 Å². The van der Waals surface area contributed by atoms with E-state index in [0.29, 0.717) is 12.6 Å². The first-order valence-electron chi connectivity index (χ1n) is 7.14. The van der Waals surface area contributed by atoms with Gasteiger partial charge in [-0.05, 0) is 32.0 Å². The molecule has 0 fully saturated rings. The van der Waals surface area contributed by atoms with Gasteiger partial charge in [-0.25, -0.2) is 0 Å². The van der Waals surface area contributed by atoms with Gasteiger partial charge in [-0.15, -0.1) is 0 Å². The maximum Gasteiger partial charge on any atom is 0.193 e. The van der Waals surface area contributed by atoms with Crippen molar-refractivity contribution in [3.63, 3.8) is 0 Å². The Morgan fingerprint density at radius 3 is 1.79 bits per heavy atom. The summed E-state index contributed by atoms with van der Waals surface area (Å²) in [5.74, 6) is -0.995. The molecule has 0 saturated heterocycles. The maximum absolute atomic E-state index is 12.6. The van der Waals surface area contributed by atoms with Gasteiger partial charge in [0, 0.05) is 33.4 Å². The molecule has 2 aromatic rings. The Morgan fingerprint density at radius 1 is 0.708 bits per heavy atom. The first kappa shape index (κ1) is 17.1. The van der Waals surface area contributed by atoms with Crippen molar-refractivity contribution < 1.29 is 24.0 Å². The first-order valence-corrected chi connectivity index (χ1v) is 7.14. The molecule has 5 heteroatoms. The predicted molar refractivity (Wildman–Crippen MR) is 87.1 cm³/mol. The maximum atomic E-state index is 12.6. The van der Waals surface area contributed by atoms with E-state index in [2.05, 4.69) is 0 Å². The summed E-state index contributed by atoms with van der Waals surface area (Å²) in [4.78, 5) is 57.7. The molecule has 0 unspecified atom stereocenters. The number of Topliss-reactive ketones (excluding diaryl/α,β-unsaturated/α-hetero) is 2. The van der Waals surface area contributed by atoms with E-state index in [4.69, 9.17) is 0 Å².